The normalized spacial score (nSPS) is 14.4. The Morgan fingerprint density at radius 3 is 2.50 bits per heavy atom. The first-order valence-corrected chi connectivity index (χ1v) is 6.85. The molecule has 0 aliphatic carbocycles. The van der Waals surface area contributed by atoms with Gasteiger partial charge in [0.2, 0.25) is 0 Å². The monoisotopic (exact) mass is 285 g/mol. The molecule has 0 aliphatic rings. The van der Waals surface area contributed by atoms with Gasteiger partial charge in [0, 0.05) is 21.4 Å². The zero-order chi connectivity index (χ0) is 11.1. The van der Waals surface area contributed by atoms with Crippen LogP contribution in [0.3, 0.4) is 0 Å². The van der Waals surface area contributed by atoms with E-state index in [0.717, 1.165) is 0 Å². The lowest BCUT2D eigenvalue weighted by atomic mass is 10.2. The summed E-state index contributed by atoms with van der Waals surface area (Å²) in [4.78, 5) is 14.2. The van der Waals surface area contributed by atoms with Crippen molar-refractivity contribution in [3.8, 4) is 0 Å². The Morgan fingerprint density at radius 1 is 1.57 bits per heavy atom. The lowest BCUT2D eigenvalue weighted by Crippen LogP contribution is -2.24. The first-order chi connectivity index (χ1) is 6.45. The van der Waals surface area contributed by atoms with Crippen LogP contribution in [0.1, 0.15) is 12.8 Å². The summed E-state index contributed by atoms with van der Waals surface area (Å²) in [7, 11) is -1.55. The second kappa shape index (κ2) is 6.77. The molecule has 5 N–H and O–H groups in total. The summed E-state index contributed by atoms with van der Waals surface area (Å²) in [5.74, 6) is -1.12. The number of aliphatic imine (C=N–C) groups is 1. The van der Waals surface area contributed by atoms with E-state index in [0.29, 0.717) is 13.0 Å². The lowest BCUT2D eigenvalue weighted by Gasteiger charge is -2.05. The number of nitrogens with two attached hydrogens (primary N) is 2. The standard InChI is InChI=1S/C6H12BrN3O3S/c7-14(13)4(5(11)12)2-1-3-10-6(8)9/h4H,1-3H2,(H,11,12)(H4,8,9,10). The highest BCUT2D eigenvalue weighted by Crippen LogP contribution is 2.11. The summed E-state index contributed by atoms with van der Waals surface area (Å²) in [5, 5.41) is 7.73. The van der Waals surface area contributed by atoms with Crippen molar-refractivity contribution in [1.29, 1.82) is 0 Å². The van der Waals surface area contributed by atoms with Crippen molar-refractivity contribution in [2.24, 2.45) is 16.5 Å². The van der Waals surface area contributed by atoms with E-state index in [4.69, 9.17) is 16.6 Å². The molecule has 0 aromatic heterocycles. The fraction of sp³-hybridized carbons (Fsp3) is 0.667. The number of aliphatic carboxylic acids is 1. The molecule has 0 saturated heterocycles. The maximum atomic E-state index is 10.9. The molecule has 14 heavy (non-hydrogen) atoms. The van der Waals surface area contributed by atoms with Crippen molar-refractivity contribution in [1.82, 2.24) is 0 Å². The van der Waals surface area contributed by atoms with E-state index in [1.165, 1.54) is 0 Å². The van der Waals surface area contributed by atoms with Crippen LogP contribution in [0.15, 0.2) is 4.99 Å². The highest BCUT2D eigenvalue weighted by Gasteiger charge is 2.21. The molecule has 0 heterocycles. The third-order valence-corrected chi connectivity index (χ3v) is 3.66. The van der Waals surface area contributed by atoms with Gasteiger partial charge in [0.1, 0.15) is 14.5 Å². The van der Waals surface area contributed by atoms with Crippen LogP contribution in [-0.4, -0.2) is 33.0 Å². The average molecular weight is 286 g/mol. The van der Waals surface area contributed by atoms with E-state index in [1.54, 1.807) is 0 Å². The van der Waals surface area contributed by atoms with Crippen LogP contribution in [-0.2, 0) is 14.0 Å². The van der Waals surface area contributed by atoms with Crippen molar-refractivity contribution in [2.75, 3.05) is 6.54 Å². The zero-order valence-corrected chi connectivity index (χ0v) is 9.75. The maximum absolute atomic E-state index is 10.9. The molecular weight excluding hydrogens is 274 g/mol. The van der Waals surface area contributed by atoms with Gasteiger partial charge in [-0.2, -0.15) is 0 Å². The molecule has 82 valence electrons. The Hall–Kier alpha value is -0.630. The molecule has 0 fully saturated rings. The minimum Gasteiger partial charge on any atom is -0.480 e. The van der Waals surface area contributed by atoms with Gasteiger partial charge in [-0.15, -0.1) is 0 Å². The van der Waals surface area contributed by atoms with E-state index in [9.17, 15) is 9.00 Å². The number of carboxylic acids is 1. The van der Waals surface area contributed by atoms with Crippen molar-refractivity contribution in [3.63, 3.8) is 0 Å². The van der Waals surface area contributed by atoms with Crippen LogP contribution in [0.5, 0.6) is 0 Å². The SMILES string of the molecule is NC(N)=NCCCC(C(=O)O)S(=O)Br. The fourth-order valence-electron chi connectivity index (χ4n) is 0.780. The van der Waals surface area contributed by atoms with E-state index >= 15 is 0 Å². The molecule has 0 amide bonds. The third-order valence-electron chi connectivity index (χ3n) is 1.42. The number of guanidine groups is 1. The molecular formula is C6H12BrN3O3S. The Kier molecular flexibility index (Phi) is 6.46. The minimum absolute atomic E-state index is 0.0307. The highest BCUT2D eigenvalue weighted by atomic mass is 79.9. The summed E-state index contributed by atoms with van der Waals surface area (Å²) in [6.45, 7) is 0.344. The summed E-state index contributed by atoms with van der Waals surface area (Å²) < 4.78 is 10.9. The molecule has 8 heteroatoms. The first-order valence-electron chi connectivity index (χ1n) is 3.80. The molecule has 0 rings (SSSR count). The van der Waals surface area contributed by atoms with E-state index in [-0.39, 0.29) is 12.4 Å². The predicted octanol–water partition coefficient (Wildman–Crippen LogP) is -0.448. The third kappa shape index (κ3) is 5.92. The molecule has 0 spiro atoms. The minimum atomic E-state index is -1.55. The Bertz CT molecular complexity index is 241. The number of hydrogen-bond acceptors (Lipinski definition) is 3. The quantitative estimate of drug-likeness (QED) is 0.264. The van der Waals surface area contributed by atoms with E-state index < -0.39 is 20.5 Å². The van der Waals surface area contributed by atoms with Gasteiger partial charge >= 0.3 is 5.97 Å². The molecule has 0 aromatic rings. The molecule has 2 unspecified atom stereocenters. The Labute approximate surface area is 91.4 Å². The van der Waals surface area contributed by atoms with Gasteiger partial charge in [-0.05, 0) is 12.8 Å². The Balaban J connectivity index is 3.90. The van der Waals surface area contributed by atoms with Gasteiger partial charge in [0.05, 0.1) is 0 Å². The van der Waals surface area contributed by atoms with Crippen LogP contribution in [0, 0.1) is 0 Å². The highest BCUT2D eigenvalue weighted by molar-refractivity contribution is 9.46. The molecule has 0 saturated carbocycles. The molecule has 0 radical (unpaired) electrons. The van der Waals surface area contributed by atoms with Crippen LogP contribution in [0.2, 0.25) is 0 Å². The van der Waals surface area contributed by atoms with Crippen LogP contribution < -0.4 is 11.5 Å². The van der Waals surface area contributed by atoms with Gasteiger partial charge in [-0.25, -0.2) is 4.21 Å². The predicted molar refractivity (Wildman–Crippen MR) is 58.4 cm³/mol. The summed E-state index contributed by atoms with van der Waals surface area (Å²) in [5.41, 5.74) is 10.1. The summed E-state index contributed by atoms with van der Waals surface area (Å²) >= 11 is 2.73. The zero-order valence-electron chi connectivity index (χ0n) is 7.35. The van der Waals surface area contributed by atoms with Crippen molar-refractivity contribution < 1.29 is 14.1 Å². The number of nitrogens with zero attached hydrogens (tertiary/aromatic N) is 1. The van der Waals surface area contributed by atoms with E-state index in [2.05, 4.69) is 19.8 Å². The first kappa shape index (κ1) is 13.4. The van der Waals surface area contributed by atoms with Crippen molar-refractivity contribution in [2.45, 2.75) is 18.1 Å². The topological polar surface area (TPSA) is 119 Å². The molecule has 0 aliphatic heterocycles. The van der Waals surface area contributed by atoms with Gasteiger partial charge < -0.3 is 16.6 Å². The molecule has 6 nitrogen and oxygen atoms in total. The van der Waals surface area contributed by atoms with Crippen molar-refractivity contribution in [3.05, 3.63) is 0 Å². The number of rotatable bonds is 6. The summed E-state index contributed by atoms with van der Waals surface area (Å²) in [6, 6.07) is 0. The second-order valence-electron chi connectivity index (χ2n) is 2.52. The number of halogens is 1. The fourth-order valence-corrected chi connectivity index (χ4v) is 2.33. The second-order valence-corrected chi connectivity index (χ2v) is 5.50. The van der Waals surface area contributed by atoms with Crippen LogP contribution >= 0.6 is 14.8 Å². The largest absolute Gasteiger partial charge is 0.480 e. The van der Waals surface area contributed by atoms with Gasteiger partial charge in [0.25, 0.3) is 0 Å². The van der Waals surface area contributed by atoms with Gasteiger partial charge in [-0.1, -0.05) is 0 Å². The van der Waals surface area contributed by atoms with Gasteiger partial charge in [0.15, 0.2) is 5.96 Å². The van der Waals surface area contributed by atoms with Crippen LogP contribution in [0.25, 0.3) is 0 Å². The number of carbonyl (C=O) groups is 1. The summed E-state index contributed by atoms with van der Waals surface area (Å²) in [6.07, 6.45) is 0.746. The van der Waals surface area contributed by atoms with Crippen molar-refractivity contribution >= 4 is 36.0 Å². The molecule has 2 atom stereocenters. The van der Waals surface area contributed by atoms with Gasteiger partial charge in [-0.3, -0.25) is 9.79 Å². The molecule has 0 bridgehead atoms. The van der Waals surface area contributed by atoms with Crippen LogP contribution in [0.4, 0.5) is 0 Å². The Morgan fingerprint density at radius 2 is 2.14 bits per heavy atom. The molecule has 0 aromatic carbocycles. The van der Waals surface area contributed by atoms with E-state index in [1.807, 2.05) is 0 Å². The lowest BCUT2D eigenvalue weighted by molar-refractivity contribution is -0.136. The average Bonchev–Trinajstić information content (AvgIpc) is 2.01. The number of hydrogen-bond donors (Lipinski definition) is 3. The maximum Gasteiger partial charge on any atom is 0.320 e. The smallest absolute Gasteiger partial charge is 0.320 e. The number of carboxylic acid groups (broad SMARTS) is 1.